The summed E-state index contributed by atoms with van der Waals surface area (Å²) in [5.74, 6) is -0.373. The third-order valence-electron chi connectivity index (χ3n) is 2.41. The summed E-state index contributed by atoms with van der Waals surface area (Å²) in [7, 11) is 0. The van der Waals surface area contributed by atoms with Crippen LogP contribution in [0.25, 0.3) is 0 Å². The third kappa shape index (κ3) is 4.18. The van der Waals surface area contributed by atoms with Crippen molar-refractivity contribution in [1.82, 2.24) is 0 Å². The first-order valence-electron chi connectivity index (χ1n) is 5.33. The molecule has 1 unspecified atom stereocenters. The van der Waals surface area contributed by atoms with Crippen molar-refractivity contribution in [2.24, 2.45) is 5.73 Å². The lowest BCUT2D eigenvalue weighted by Crippen LogP contribution is -2.22. The molecule has 1 nitrogen and oxygen atoms in total. The number of hydrogen-bond acceptors (Lipinski definition) is 1. The van der Waals surface area contributed by atoms with Crippen molar-refractivity contribution in [3.05, 3.63) is 34.6 Å². The second-order valence-electron chi connectivity index (χ2n) is 3.85. The summed E-state index contributed by atoms with van der Waals surface area (Å²) in [4.78, 5) is 0. The molecule has 0 aliphatic carbocycles. The van der Waals surface area contributed by atoms with Gasteiger partial charge in [-0.15, -0.1) is 0 Å². The number of hydrogen-bond donors (Lipinski definition) is 1. The zero-order chi connectivity index (χ0) is 11.3. The Morgan fingerprint density at radius 1 is 1.47 bits per heavy atom. The van der Waals surface area contributed by atoms with Crippen LogP contribution in [0.3, 0.4) is 0 Å². The number of nitrogens with two attached hydrogens (primary N) is 1. The molecule has 1 aromatic rings. The van der Waals surface area contributed by atoms with Crippen LogP contribution in [0.15, 0.2) is 18.2 Å². The molecule has 0 saturated carbocycles. The second-order valence-corrected chi connectivity index (χ2v) is 4.26. The van der Waals surface area contributed by atoms with Gasteiger partial charge in [0.25, 0.3) is 0 Å². The molecule has 1 atom stereocenters. The van der Waals surface area contributed by atoms with E-state index in [2.05, 4.69) is 6.92 Å². The Morgan fingerprint density at radius 3 is 2.80 bits per heavy atom. The van der Waals surface area contributed by atoms with Gasteiger partial charge in [-0.25, -0.2) is 4.39 Å². The zero-order valence-corrected chi connectivity index (χ0v) is 9.73. The Kier molecular flexibility index (Phi) is 5.06. The van der Waals surface area contributed by atoms with Crippen LogP contribution in [0.4, 0.5) is 4.39 Å². The van der Waals surface area contributed by atoms with E-state index in [0.29, 0.717) is 0 Å². The van der Waals surface area contributed by atoms with E-state index in [1.165, 1.54) is 6.07 Å². The number of unbranched alkanes of at least 4 members (excludes halogenated alkanes) is 1. The van der Waals surface area contributed by atoms with Crippen LogP contribution in [-0.2, 0) is 6.42 Å². The van der Waals surface area contributed by atoms with Crippen molar-refractivity contribution < 1.29 is 4.39 Å². The molecular weight excluding hydrogens is 213 g/mol. The van der Waals surface area contributed by atoms with Gasteiger partial charge in [0, 0.05) is 6.04 Å². The van der Waals surface area contributed by atoms with Gasteiger partial charge in [-0.2, -0.15) is 0 Å². The minimum Gasteiger partial charge on any atom is -0.327 e. The van der Waals surface area contributed by atoms with Gasteiger partial charge in [0.15, 0.2) is 0 Å². The minimum absolute atomic E-state index is 0.145. The van der Waals surface area contributed by atoms with Gasteiger partial charge >= 0.3 is 0 Å². The van der Waals surface area contributed by atoms with Gasteiger partial charge in [0.05, 0.1) is 5.02 Å². The van der Waals surface area contributed by atoms with E-state index in [1.807, 2.05) is 0 Å². The predicted molar refractivity (Wildman–Crippen MR) is 62.6 cm³/mol. The highest BCUT2D eigenvalue weighted by molar-refractivity contribution is 6.30. The standard InChI is InChI=1S/C12H17ClFN/c1-2-3-4-10(15)7-9-5-6-12(14)11(13)8-9/h5-6,8,10H,2-4,7,15H2,1H3. The molecule has 3 heteroatoms. The van der Waals surface area contributed by atoms with E-state index in [4.69, 9.17) is 17.3 Å². The Hall–Kier alpha value is -0.600. The summed E-state index contributed by atoms with van der Waals surface area (Å²) in [6.07, 6.45) is 4.06. The lowest BCUT2D eigenvalue weighted by molar-refractivity contribution is 0.572. The fourth-order valence-corrected chi connectivity index (χ4v) is 1.74. The molecule has 1 aromatic carbocycles. The Labute approximate surface area is 95.4 Å². The second kappa shape index (κ2) is 6.09. The minimum atomic E-state index is -0.373. The van der Waals surface area contributed by atoms with Crippen molar-refractivity contribution in [3.63, 3.8) is 0 Å². The predicted octanol–water partition coefficient (Wildman–Crippen LogP) is 3.54. The van der Waals surface area contributed by atoms with Crippen molar-refractivity contribution in [2.75, 3.05) is 0 Å². The maximum absolute atomic E-state index is 12.9. The summed E-state index contributed by atoms with van der Waals surface area (Å²) < 4.78 is 12.9. The van der Waals surface area contributed by atoms with Gasteiger partial charge < -0.3 is 5.73 Å². The van der Waals surface area contributed by atoms with Crippen molar-refractivity contribution in [1.29, 1.82) is 0 Å². The van der Waals surface area contributed by atoms with Crippen LogP contribution < -0.4 is 5.73 Å². The van der Waals surface area contributed by atoms with Gasteiger partial charge in [-0.3, -0.25) is 0 Å². The first-order chi connectivity index (χ1) is 7.13. The SMILES string of the molecule is CCCCC(N)Cc1ccc(F)c(Cl)c1. The topological polar surface area (TPSA) is 26.0 Å². The maximum atomic E-state index is 12.9. The molecular formula is C12H17ClFN. The zero-order valence-electron chi connectivity index (χ0n) is 8.97. The lowest BCUT2D eigenvalue weighted by atomic mass is 10.0. The number of benzene rings is 1. The summed E-state index contributed by atoms with van der Waals surface area (Å²) in [6.45, 7) is 2.14. The van der Waals surface area contributed by atoms with E-state index in [9.17, 15) is 4.39 Å². The maximum Gasteiger partial charge on any atom is 0.141 e. The van der Waals surface area contributed by atoms with E-state index in [1.54, 1.807) is 12.1 Å². The average molecular weight is 230 g/mol. The molecule has 0 heterocycles. The van der Waals surface area contributed by atoms with Crippen molar-refractivity contribution in [2.45, 2.75) is 38.6 Å². The molecule has 0 amide bonds. The third-order valence-corrected chi connectivity index (χ3v) is 2.70. The molecule has 15 heavy (non-hydrogen) atoms. The van der Waals surface area contributed by atoms with E-state index < -0.39 is 0 Å². The molecule has 0 aromatic heterocycles. The van der Waals surface area contributed by atoms with Crippen LogP contribution in [0.5, 0.6) is 0 Å². The Morgan fingerprint density at radius 2 is 2.20 bits per heavy atom. The Balaban J connectivity index is 2.53. The van der Waals surface area contributed by atoms with E-state index in [-0.39, 0.29) is 16.9 Å². The summed E-state index contributed by atoms with van der Waals surface area (Å²) in [5.41, 5.74) is 6.95. The Bertz CT molecular complexity index is 314. The van der Waals surface area contributed by atoms with E-state index >= 15 is 0 Å². The summed E-state index contributed by atoms with van der Waals surface area (Å²) in [5, 5.41) is 0.176. The molecule has 0 bridgehead atoms. The monoisotopic (exact) mass is 229 g/mol. The molecule has 84 valence electrons. The largest absolute Gasteiger partial charge is 0.327 e. The molecule has 1 rings (SSSR count). The molecule has 0 aliphatic heterocycles. The average Bonchev–Trinajstić information content (AvgIpc) is 2.20. The van der Waals surface area contributed by atoms with Crippen molar-refractivity contribution >= 4 is 11.6 Å². The fraction of sp³-hybridized carbons (Fsp3) is 0.500. The van der Waals surface area contributed by atoms with Gasteiger partial charge in [-0.1, -0.05) is 37.4 Å². The highest BCUT2D eigenvalue weighted by atomic mass is 35.5. The smallest absolute Gasteiger partial charge is 0.141 e. The van der Waals surface area contributed by atoms with Gasteiger partial charge in [0.2, 0.25) is 0 Å². The van der Waals surface area contributed by atoms with Gasteiger partial charge in [-0.05, 0) is 30.5 Å². The molecule has 0 saturated heterocycles. The van der Waals surface area contributed by atoms with Crippen LogP contribution in [0.2, 0.25) is 5.02 Å². The van der Waals surface area contributed by atoms with Crippen LogP contribution >= 0.6 is 11.6 Å². The fourth-order valence-electron chi connectivity index (χ4n) is 1.54. The molecule has 0 fully saturated rings. The molecule has 0 spiro atoms. The molecule has 0 aliphatic rings. The lowest BCUT2D eigenvalue weighted by Gasteiger charge is -2.11. The molecule has 2 N–H and O–H groups in total. The van der Waals surface area contributed by atoms with E-state index in [0.717, 1.165) is 31.2 Å². The number of rotatable bonds is 5. The van der Waals surface area contributed by atoms with Crippen LogP contribution in [0.1, 0.15) is 31.7 Å². The highest BCUT2D eigenvalue weighted by Crippen LogP contribution is 2.17. The number of halogens is 2. The van der Waals surface area contributed by atoms with Crippen LogP contribution in [0, 0.1) is 5.82 Å². The quantitative estimate of drug-likeness (QED) is 0.821. The summed E-state index contributed by atoms with van der Waals surface area (Å²) >= 11 is 5.69. The first kappa shape index (κ1) is 12.5. The van der Waals surface area contributed by atoms with Gasteiger partial charge in [0.1, 0.15) is 5.82 Å². The van der Waals surface area contributed by atoms with Crippen molar-refractivity contribution in [3.8, 4) is 0 Å². The first-order valence-corrected chi connectivity index (χ1v) is 5.70. The van der Waals surface area contributed by atoms with Crippen LogP contribution in [-0.4, -0.2) is 6.04 Å². The summed E-state index contributed by atoms with van der Waals surface area (Å²) in [6, 6.07) is 4.94. The molecule has 0 radical (unpaired) electrons. The highest BCUT2D eigenvalue weighted by Gasteiger charge is 2.06. The normalized spacial score (nSPS) is 12.8.